The SMILES string of the molecule is O=c1[nH]c2c(F)c(F)cc(F)c2s1. The van der Waals surface area contributed by atoms with Crippen molar-refractivity contribution in [3.8, 4) is 0 Å². The number of halogens is 3. The van der Waals surface area contributed by atoms with E-state index in [1.165, 1.54) is 0 Å². The van der Waals surface area contributed by atoms with Crippen LogP contribution >= 0.6 is 11.3 Å². The van der Waals surface area contributed by atoms with Gasteiger partial charge in [0.25, 0.3) is 0 Å². The fourth-order valence-corrected chi connectivity index (χ4v) is 1.75. The van der Waals surface area contributed by atoms with Crippen molar-refractivity contribution in [2.45, 2.75) is 0 Å². The van der Waals surface area contributed by atoms with E-state index in [0.29, 0.717) is 17.4 Å². The number of fused-ring (bicyclic) bond motifs is 1. The molecule has 0 saturated heterocycles. The van der Waals surface area contributed by atoms with Gasteiger partial charge in [-0.1, -0.05) is 11.3 Å². The molecule has 2 rings (SSSR count). The molecule has 0 radical (unpaired) electrons. The maximum absolute atomic E-state index is 12.9. The van der Waals surface area contributed by atoms with Crippen LogP contribution in [0.15, 0.2) is 10.9 Å². The highest BCUT2D eigenvalue weighted by Gasteiger charge is 2.14. The lowest BCUT2D eigenvalue weighted by Gasteiger charge is -1.94. The smallest absolute Gasteiger partial charge is 0.305 e. The first-order chi connectivity index (χ1) is 6.09. The molecule has 0 amide bonds. The molecule has 1 heterocycles. The lowest BCUT2D eigenvalue weighted by Crippen LogP contribution is -1.93. The molecule has 0 aliphatic rings. The maximum Gasteiger partial charge on any atom is 0.305 e. The van der Waals surface area contributed by atoms with E-state index in [1.54, 1.807) is 0 Å². The molecule has 1 aromatic carbocycles. The second-order valence-corrected chi connectivity index (χ2v) is 3.36. The molecule has 6 heteroatoms. The van der Waals surface area contributed by atoms with Gasteiger partial charge in [0.1, 0.15) is 11.3 Å². The van der Waals surface area contributed by atoms with Crippen LogP contribution in [0.25, 0.3) is 10.2 Å². The van der Waals surface area contributed by atoms with Crippen LogP contribution in [-0.4, -0.2) is 4.98 Å². The summed E-state index contributed by atoms with van der Waals surface area (Å²) in [7, 11) is 0. The largest absolute Gasteiger partial charge is 0.310 e. The topological polar surface area (TPSA) is 32.9 Å². The molecule has 13 heavy (non-hydrogen) atoms. The van der Waals surface area contributed by atoms with Gasteiger partial charge < -0.3 is 4.98 Å². The zero-order chi connectivity index (χ0) is 9.59. The third-order valence-corrected chi connectivity index (χ3v) is 2.44. The Morgan fingerprint density at radius 3 is 2.62 bits per heavy atom. The van der Waals surface area contributed by atoms with Crippen LogP contribution in [0, 0.1) is 17.5 Å². The summed E-state index contributed by atoms with van der Waals surface area (Å²) in [6.45, 7) is 0. The Labute approximate surface area is 73.6 Å². The lowest BCUT2D eigenvalue weighted by atomic mass is 10.3. The van der Waals surface area contributed by atoms with Gasteiger partial charge in [0.2, 0.25) is 0 Å². The number of H-pyrrole nitrogens is 1. The highest BCUT2D eigenvalue weighted by molar-refractivity contribution is 7.16. The van der Waals surface area contributed by atoms with Gasteiger partial charge in [0.05, 0.1) is 4.70 Å². The van der Waals surface area contributed by atoms with E-state index in [2.05, 4.69) is 0 Å². The minimum absolute atomic E-state index is 0.191. The molecule has 0 spiro atoms. The molecule has 68 valence electrons. The van der Waals surface area contributed by atoms with Crippen molar-refractivity contribution >= 4 is 21.6 Å². The monoisotopic (exact) mass is 205 g/mol. The lowest BCUT2D eigenvalue weighted by molar-refractivity contribution is 0.504. The van der Waals surface area contributed by atoms with E-state index in [-0.39, 0.29) is 4.70 Å². The van der Waals surface area contributed by atoms with Gasteiger partial charge in [0, 0.05) is 6.07 Å². The highest BCUT2D eigenvalue weighted by Crippen LogP contribution is 2.23. The van der Waals surface area contributed by atoms with Crippen LogP contribution in [0.1, 0.15) is 0 Å². The number of aromatic nitrogens is 1. The Kier molecular flexibility index (Phi) is 1.66. The molecule has 1 N–H and O–H groups in total. The Morgan fingerprint density at radius 2 is 1.92 bits per heavy atom. The average molecular weight is 205 g/mol. The van der Waals surface area contributed by atoms with Crippen LogP contribution in [-0.2, 0) is 0 Å². The predicted octanol–water partition coefficient (Wildman–Crippen LogP) is 2.01. The Balaban J connectivity index is 3.04. The number of hydrogen-bond acceptors (Lipinski definition) is 2. The van der Waals surface area contributed by atoms with Gasteiger partial charge in [-0.2, -0.15) is 0 Å². The average Bonchev–Trinajstić information content (AvgIpc) is 2.44. The highest BCUT2D eigenvalue weighted by atomic mass is 32.1. The number of rotatable bonds is 0. The van der Waals surface area contributed by atoms with E-state index in [9.17, 15) is 18.0 Å². The molecule has 0 saturated carbocycles. The van der Waals surface area contributed by atoms with E-state index in [4.69, 9.17) is 0 Å². The molecule has 2 aromatic rings. The summed E-state index contributed by atoms with van der Waals surface area (Å²) in [6, 6.07) is 0.418. The maximum atomic E-state index is 12.9. The molecule has 0 atom stereocenters. The van der Waals surface area contributed by atoms with Crippen molar-refractivity contribution in [3.05, 3.63) is 33.2 Å². The summed E-state index contributed by atoms with van der Waals surface area (Å²) < 4.78 is 38.2. The van der Waals surface area contributed by atoms with Crippen LogP contribution in [0.4, 0.5) is 13.2 Å². The normalized spacial score (nSPS) is 11.0. The molecule has 0 aliphatic heterocycles. The second kappa shape index (κ2) is 2.59. The third kappa shape index (κ3) is 1.14. The van der Waals surface area contributed by atoms with Crippen LogP contribution in [0.5, 0.6) is 0 Å². The van der Waals surface area contributed by atoms with Gasteiger partial charge in [0.15, 0.2) is 11.6 Å². The first-order valence-corrected chi connectivity index (χ1v) is 4.07. The van der Waals surface area contributed by atoms with Gasteiger partial charge in [-0.15, -0.1) is 0 Å². The molecular formula is C7H2F3NOS. The van der Waals surface area contributed by atoms with E-state index in [1.807, 2.05) is 4.98 Å². The quantitative estimate of drug-likeness (QED) is 0.655. The Bertz CT molecular complexity index is 530. The van der Waals surface area contributed by atoms with Crippen LogP contribution in [0.3, 0.4) is 0 Å². The standard InChI is InChI=1S/C7H2F3NOS/c8-2-1-3(9)6-5(4(2)10)11-7(12)13-6/h1H,(H,11,12). The minimum Gasteiger partial charge on any atom is -0.310 e. The van der Waals surface area contributed by atoms with Gasteiger partial charge in [-0.05, 0) is 0 Å². The van der Waals surface area contributed by atoms with Gasteiger partial charge >= 0.3 is 4.87 Å². The summed E-state index contributed by atoms with van der Waals surface area (Å²) in [6.07, 6.45) is 0. The zero-order valence-electron chi connectivity index (χ0n) is 6.03. The van der Waals surface area contributed by atoms with Crippen molar-refractivity contribution in [2.24, 2.45) is 0 Å². The number of aromatic amines is 1. The minimum atomic E-state index is -1.31. The third-order valence-electron chi connectivity index (χ3n) is 1.55. The summed E-state index contributed by atoms with van der Waals surface area (Å²) >= 11 is 0.509. The van der Waals surface area contributed by atoms with Gasteiger partial charge in [-0.25, -0.2) is 13.2 Å². The molecule has 0 unspecified atom stereocenters. The Hall–Kier alpha value is -1.30. The fourth-order valence-electron chi connectivity index (χ4n) is 1.01. The Morgan fingerprint density at radius 1 is 1.23 bits per heavy atom. The molecule has 2 nitrogen and oxygen atoms in total. The first kappa shape index (κ1) is 8.31. The van der Waals surface area contributed by atoms with Crippen LogP contribution in [0.2, 0.25) is 0 Å². The molecule has 0 fully saturated rings. The molecule has 0 bridgehead atoms. The van der Waals surface area contributed by atoms with Crippen molar-refractivity contribution in [2.75, 3.05) is 0 Å². The molecule has 1 aromatic heterocycles. The molecular weight excluding hydrogens is 203 g/mol. The molecule has 0 aliphatic carbocycles. The van der Waals surface area contributed by atoms with Crippen molar-refractivity contribution < 1.29 is 13.2 Å². The predicted molar refractivity (Wildman–Crippen MR) is 42.3 cm³/mol. The van der Waals surface area contributed by atoms with Crippen molar-refractivity contribution in [3.63, 3.8) is 0 Å². The van der Waals surface area contributed by atoms with Crippen LogP contribution < -0.4 is 4.87 Å². The summed E-state index contributed by atoms with van der Waals surface area (Å²) in [5, 5.41) is 0. The van der Waals surface area contributed by atoms with Crippen molar-refractivity contribution in [1.82, 2.24) is 4.98 Å². The summed E-state index contributed by atoms with van der Waals surface area (Å²) in [5.41, 5.74) is -0.410. The second-order valence-electron chi connectivity index (χ2n) is 2.37. The van der Waals surface area contributed by atoms with E-state index < -0.39 is 27.8 Å². The number of hydrogen-bond donors (Lipinski definition) is 1. The summed E-state index contributed by atoms with van der Waals surface area (Å²) in [4.78, 5) is 12.1. The van der Waals surface area contributed by atoms with Gasteiger partial charge in [-0.3, -0.25) is 4.79 Å². The van der Waals surface area contributed by atoms with E-state index in [0.717, 1.165) is 0 Å². The van der Waals surface area contributed by atoms with Crippen molar-refractivity contribution in [1.29, 1.82) is 0 Å². The number of thiazole rings is 1. The number of benzene rings is 1. The number of nitrogens with one attached hydrogen (secondary N) is 1. The first-order valence-electron chi connectivity index (χ1n) is 3.26. The fraction of sp³-hybridized carbons (Fsp3) is 0. The van der Waals surface area contributed by atoms with E-state index >= 15 is 0 Å². The zero-order valence-corrected chi connectivity index (χ0v) is 6.84. The summed E-state index contributed by atoms with van der Waals surface area (Å²) in [5.74, 6) is -3.47.